The van der Waals surface area contributed by atoms with Crippen LogP contribution in [0.2, 0.25) is 0 Å². The fraction of sp³-hybridized carbons (Fsp3) is 0.348. The van der Waals surface area contributed by atoms with Crippen molar-refractivity contribution in [3.05, 3.63) is 48.7 Å². The molecule has 2 aliphatic rings. The Morgan fingerprint density at radius 3 is 3.19 bits per heavy atom. The van der Waals surface area contributed by atoms with Gasteiger partial charge in [-0.3, -0.25) is 4.68 Å². The number of ether oxygens (including phenoxy) is 1. The van der Waals surface area contributed by atoms with E-state index in [1.807, 2.05) is 29.3 Å². The molecule has 1 fully saturated rings. The Labute approximate surface area is 184 Å². The molecular formula is C23H22N8O. The summed E-state index contributed by atoms with van der Waals surface area (Å²) < 4.78 is 7.58. The third-order valence-corrected chi connectivity index (χ3v) is 6.50. The van der Waals surface area contributed by atoms with Gasteiger partial charge in [-0.2, -0.15) is 15.3 Å². The van der Waals surface area contributed by atoms with Crippen LogP contribution in [0, 0.1) is 17.2 Å². The van der Waals surface area contributed by atoms with Gasteiger partial charge >= 0.3 is 0 Å². The summed E-state index contributed by atoms with van der Waals surface area (Å²) in [4.78, 5) is 18.9. The molecule has 1 saturated heterocycles. The summed E-state index contributed by atoms with van der Waals surface area (Å²) in [5.41, 5.74) is 3.74. The highest BCUT2D eigenvalue weighted by molar-refractivity contribution is 5.89. The Balaban J connectivity index is 1.25. The number of nitriles is 1. The third kappa shape index (κ3) is 3.15. The lowest BCUT2D eigenvalue weighted by molar-refractivity contribution is 0.331. The van der Waals surface area contributed by atoms with Crippen LogP contribution in [0.4, 0.5) is 5.82 Å². The molecule has 0 aromatic carbocycles. The van der Waals surface area contributed by atoms with Crippen molar-refractivity contribution in [2.45, 2.75) is 25.3 Å². The standard InChI is InChI=1S/C23H22N8O/c24-7-3-19(16-5-9-30(12-16)20-2-1-15-6-10-32-23(15)29-20)31-13-17(11-28-31)21-18-4-8-25-22(18)27-14-26-21/h1-2,4,8,11,13-14,16,19H,3,5-6,9-10,12H2,(H,25,26,27). The molecule has 0 amide bonds. The molecule has 9 heteroatoms. The van der Waals surface area contributed by atoms with Crippen molar-refractivity contribution in [2.75, 3.05) is 24.6 Å². The van der Waals surface area contributed by atoms with Crippen molar-refractivity contribution in [3.8, 4) is 23.2 Å². The second kappa shape index (κ2) is 7.64. The van der Waals surface area contributed by atoms with Gasteiger partial charge in [0, 0.05) is 54.3 Å². The highest BCUT2D eigenvalue weighted by Crippen LogP contribution is 2.35. The molecule has 9 nitrogen and oxygen atoms in total. The summed E-state index contributed by atoms with van der Waals surface area (Å²) in [5.74, 6) is 2.01. The van der Waals surface area contributed by atoms with Crippen LogP contribution < -0.4 is 9.64 Å². The average Bonchev–Trinajstić information content (AvgIpc) is 3.62. The first-order chi connectivity index (χ1) is 15.8. The average molecular weight is 426 g/mol. The highest BCUT2D eigenvalue weighted by Gasteiger charge is 2.32. The van der Waals surface area contributed by atoms with E-state index < -0.39 is 0 Å². The zero-order valence-electron chi connectivity index (χ0n) is 17.5. The van der Waals surface area contributed by atoms with E-state index in [9.17, 15) is 5.26 Å². The molecule has 160 valence electrons. The summed E-state index contributed by atoms with van der Waals surface area (Å²) in [5, 5.41) is 15.1. The van der Waals surface area contributed by atoms with Crippen molar-refractivity contribution in [2.24, 2.45) is 5.92 Å². The number of fused-ring (bicyclic) bond motifs is 2. The van der Waals surface area contributed by atoms with E-state index in [0.717, 1.165) is 59.9 Å². The number of nitrogens with one attached hydrogen (secondary N) is 1. The molecule has 6 rings (SSSR count). The summed E-state index contributed by atoms with van der Waals surface area (Å²) in [6, 6.07) is 8.52. The Morgan fingerprint density at radius 2 is 2.25 bits per heavy atom. The van der Waals surface area contributed by atoms with Crippen LogP contribution in [0.25, 0.3) is 22.3 Å². The van der Waals surface area contributed by atoms with E-state index in [4.69, 9.17) is 9.72 Å². The van der Waals surface area contributed by atoms with Gasteiger partial charge in [0.2, 0.25) is 5.88 Å². The Morgan fingerprint density at radius 1 is 1.28 bits per heavy atom. The van der Waals surface area contributed by atoms with E-state index in [0.29, 0.717) is 18.9 Å². The summed E-state index contributed by atoms with van der Waals surface area (Å²) in [6.45, 7) is 2.45. The zero-order chi connectivity index (χ0) is 21.5. The van der Waals surface area contributed by atoms with Crippen molar-refractivity contribution >= 4 is 16.9 Å². The number of anilines is 1. The quantitative estimate of drug-likeness (QED) is 0.522. The SMILES string of the molecule is N#CCC(C1CCN(c2ccc3c(n2)OCC3)C1)n1cc(-c2ncnc3[nH]ccc23)cn1. The number of H-pyrrole nitrogens is 1. The van der Waals surface area contributed by atoms with Gasteiger partial charge < -0.3 is 14.6 Å². The second-order valence-corrected chi connectivity index (χ2v) is 8.33. The molecule has 0 radical (unpaired) electrons. The number of pyridine rings is 1. The van der Waals surface area contributed by atoms with Gasteiger partial charge in [0.15, 0.2) is 0 Å². The van der Waals surface area contributed by atoms with Gasteiger partial charge in [-0.1, -0.05) is 0 Å². The molecule has 1 N–H and O–H groups in total. The minimum Gasteiger partial charge on any atom is -0.477 e. The third-order valence-electron chi connectivity index (χ3n) is 6.50. The van der Waals surface area contributed by atoms with Gasteiger partial charge in [-0.25, -0.2) is 9.97 Å². The molecule has 2 atom stereocenters. The summed E-state index contributed by atoms with van der Waals surface area (Å²) in [7, 11) is 0. The van der Waals surface area contributed by atoms with Gasteiger partial charge in [0.25, 0.3) is 0 Å². The lowest BCUT2D eigenvalue weighted by Gasteiger charge is -2.23. The molecule has 32 heavy (non-hydrogen) atoms. The van der Waals surface area contributed by atoms with E-state index in [-0.39, 0.29) is 6.04 Å². The first kappa shape index (κ1) is 18.8. The molecule has 4 aromatic rings. The normalized spacial score (nSPS) is 18.5. The van der Waals surface area contributed by atoms with Crippen LogP contribution in [0.5, 0.6) is 5.88 Å². The molecule has 2 aliphatic heterocycles. The van der Waals surface area contributed by atoms with Crippen LogP contribution in [0.1, 0.15) is 24.4 Å². The predicted octanol–water partition coefficient (Wildman–Crippen LogP) is 3.13. The Hall–Kier alpha value is -3.93. The first-order valence-corrected chi connectivity index (χ1v) is 10.9. The second-order valence-electron chi connectivity index (χ2n) is 8.33. The van der Waals surface area contributed by atoms with Crippen LogP contribution in [0.15, 0.2) is 43.1 Å². The van der Waals surface area contributed by atoms with Gasteiger partial charge in [-0.05, 0) is 24.6 Å². The Kier molecular flexibility index (Phi) is 4.49. The maximum atomic E-state index is 9.53. The van der Waals surface area contributed by atoms with E-state index in [1.54, 1.807) is 6.33 Å². The minimum absolute atomic E-state index is 0.00650. The lowest BCUT2D eigenvalue weighted by Crippen LogP contribution is -2.25. The largest absolute Gasteiger partial charge is 0.477 e. The van der Waals surface area contributed by atoms with E-state index in [2.05, 4.69) is 43.2 Å². The number of rotatable bonds is 5. The van der Waals surface area contributed by atoms with Crippen molar-refractivity contribution < 1.29 is 4.74 Å². The fourth-order valence-electron chi connectivity index (χ4n) is 4.83. The smallest absolute Gasteiger partial charge is 0.218 e. The molecule has 0 aliphatic carbocycles. The van der Waals surface area contributed by atoms with Gasteiger partial charge in [0.1, 0.15) is 17.8 Å². The van der Waals surface area contributed by atoms with Crippen molar-refractivity contribution in [1.29, 1.82) is 5.26 Å². The molecule has 0 saturated carbocycles. The molecule has 6 heterocycles. The topological polar surface area (TPSA) is 109 Å². The maximum absolute atomic E-state index is 9.53. The first-order valence-electron chi connectivity index (χ1n) is 10.9. The number of hydrogen-bond donors (Lipinski definition) is 1. The van der Waals surface area contributed by atoms with E-state index in [1.165, 1.54) is 5.56 Å². The van der Waals surface area contributed by atoms with Gasteiger partial charge in [-0.15, -0.1) is 0 Å². The lowest BCUT2D eigenvalue weighted by atomic mass is 9.96. The molecular weight excluding hydrogens is 404 g/mol. The molecule has 4 aromatic heterocycles. The van der Waals surface area contributed by atoms with Crippen molar-refractivity contribution in [1.82, 2.24) is 29.7 Å². The number of aromatic nitrogens is 6. The number of aromatic amines is 1. The highest BCUT2D eigenvalue weighted by atomic mass is 16.5. The molecule has 2 unspecified atom stereocenters. The summed E-state index contributed by atoms with van der Waals surface area (Å²) in [6.07, 6.45) is 9.56. The molecule has 0 bridgehead atoms. The van der Waals surface area contributed by atoms with Crippen LogP contribution in [0.3, 0.4) is 0 Å². The summed E-state index contributed by atoms with van der Waals surface area (Å²) >= 11 is 0. The van der Waals surface area contributed by atoms with Gasteiger partial charge in [0.05, 0.1) is 37.0 Å². The Bertz CT molecular complexity index is 1320. The maximum Gasteiger partial charge on any atom is 0.218 e. The van der Waals surface area contributed by atoms with Crippen molar-refractivity contribution in [3.63, 3.8) is 0 Å². The number of nitrogens with zero attached hydrogens (tertiary/aromatic N) is 7. The molecule has 0 spiro atoms. The fourth-order valence-corrected chi connectivity index (χ4v) is 4.83. The predicted molar refractivity (Wildman–Crippen MR) is 118 cm³/mol. The van der Waals surface area contributed by atoms with E-state index >= 15 is 0 Å². The number of hydrogen-bond acceptors (Lipinski definition) is 7. The zero-order valence-corrected chi connectivity index (χ0v) is 17.5. The van der Waals surface area contributed by atoms with Crippen LogP contribution in [-0.2, 0) is 6.42 Å². The van der Waals surface area contributed by atoms with Crippen LogP contribution >= 0.6 is 0 Å². The monoisotopic (exact) mass is 426 g/mol. The minimum atomic E-state index is -0.00650. The van der Waals surface area contributed by atoms with Crippen LogP contribution in [-0.4, -0.2) is 49.4 Å².